The number of rotatable bonds is 4. The molecule has 0 fully saturated rings. The second-order valence-electron chi connectivity index (χ2n) is 4.68. The Kier molecular flexibility index (Phi) is 4.41. The number of fused-ring (bicyclic) bond motifs is 1. The summed E-state index contributed by atoms with van der Waals surface area (Å²) < 4.78 is 18.3. The highest BCUT2D eigenvalue weighted by Crippen LogP contribution is 2.30. The standard InChI is InChI=1S/C16H9Cl2FN2O2/c17-10-5-12-15(13(18)6-10)20-8-21-16(12)23-7-14(22)9-1-3-11(19)4-2-9/h1-6,8H,7H2. The van der Waals surface area contributed by atoms with Crippen molar-refractivity contribution in [3.8, 4) is 5.88 Å². The molecule has 2 aromatic carbocycles. The first-order chi connectivity index (χ1) is 11.0. The number of ether oxygens (including phenoxy) is 1. The lowest BCUT2D eigenvalue weighted by Crippen LogP contribution is -2.12. The number of carbonyl (C=O) groups excluding carboxylic acids is 1. The third-order valence-corrected chi connectivity index (χ3v) is 3.63. The van der Waals surface area contributed by atoms with E-state index in [1.165, 1.54) is 30.6 Å². The van der Waals surface area contributed by atoms with Crippen LogP contribution in [0.1, 0.15) is 10.4 Å². The molecule has 0 aliphatic rings. The molecule has 0 aliphatic carbocycles. The normalized spacial score (nSPS) is 10.7. The zero-order valence-electron chi connectivity index (χ0n) is 11.6. The van der Waals surface area contributed by atoms with Crippen molar-refractivity contribution < 1.29 is 13.9 Å². The van der Waals surface area contributed by atoms with Crippen molar-refractivity contribution in [3.63, 3.8) is 0 Å². The average molecular weight is 351 g/mol. The second-order valence-corrected chi connectivity index (χ2v) is 5.52. The Morgan fingerprint density at radius 2 is 1.87 bits per heavy atom. The third kappa shape index (κ3) is 3.41. The predicted octanol–water partition coefficient (Wildman–Crippen LogP) is 4.34. The lowest BCUT2D eigenvalue weighted by atomic mass is 10.1. The Morgan fingerprint density at radius 1 is 1.13 bits per heavy atom. The fourth-order valence-electron chi connectivity index (χ4n) is 2.04. The maximum absolute atomic E-state index is 12.9. The molecular weight excluding hydrogens is 342 g/mol. The Labute approximate surface area is 140 Å². The molecule has 1 heterocycles. The summed E-state index contributed by atoms with van der Waals surface area (Å²) in [5.41, 5.74) is 0.830. The van der Waals surface area contributed by atoms with E-state index in [9.17, 15) is 9.18 Å². The molecule has 23 heavy (non-hydrogen) atoms. The number of ketones is 1. The molecule has 116 valence electrons. The van der Waals surface area contributed by atoms with E-state index < -0.39 is 5.82 Å². The lowest BCUT2D eigenvalue weighted by Gasteiger charge is -2.08. The van der Waals surface area contributed by atoms with Gasteiger partial charge >= 0.3 is 0 Å². The van der Waals surface area contributed by atoms with Crippen LogP contribution in [0.5, 0.6) is 5.88 Å². The zero-order valence-corrected chi connectivity index (χ0v) is 13.1. The van der Waals surface area contributed by atoms with E-state index >= 15 is 0 Å². The number of hydrogen-bond donors (Lipinski definition) is 0. The first-order valence-electron chi connectivity index (χ1n) is 6.56. The average Bonchev–Trinajstić information content (AvgIpc) is 2.53. The van der Waals surface area contributed by atoms with Gasteiger partial charge in [0.1, 0.15) is 12.1 Å². The maximum Gasteiger partial charge on any atom is 0.225 e. The minimum Gasteiger partial charge on any atom is -0.469 e. The molecule has 0 atom stereocenters. The first-order valence-corrected chi connectivity index (χ1v) is 7.31. The highest BCUT2D eigenvalue weighted by Gasteiger charge is 2.12. The Bertz CT molecular complexity index is 885. The van der Waals surface area contributed by atoms with E-state index in [1.54, 1.807) is 12.1 Å². The van der Waals surface area contributed by atoms with Crippen LogP contribution in [0.15, 0.2) is 42.7 Å². The van der Waals surface area contributed by atoms with Crippen molar-refractivity contribution in [2.75, 3.05) is 6.61 Å². The number of benzene rings is 2. The van der Waals surface area contributed by atoms with Gasteiger partial charge in [0.05, 0.1) is 15.9 Å². The molecule has 0 saturated heterocycles. The number of Topliss-reactive ketones (excluding diaryl/α,β-unsaturated/α-hetero) is 1. The molecule has 0 spiro atoms. The van der Waals surface area contributed by atoms with E-state index in [1.807, 2.05) is 0 Å². The molecule has 3 rings (SSSR count). The van der Waals surface area contributed by atoms with E-state index in [2.05, 4.69) is 9.97 Å². The van der Waals surface area contributed by atoms with Crippen LogP contribution in [0.3, 0.4) is 0 Å². The van der Waals surface area contributed by atoms with Gasteiger partial charge in [-0.2, -0.15) is 0 Å². The lowest BCUT2D eigenvalue weighted by molar-refractivity contribution is 0.0919. The van der Waals surface area contributed by atoms with Gasteiger partial charge in [0.15, 0.2) is 12.4 Å². The molecule has 0 bridgehead atoms. The molecule has 4 nitrogen and oxygen atoms in total. The minimum absolute atomic E-state index is 0.204. The number of carbonyl (C=O) groups is 1. The van der Waals surface area contributed by atoms with Crippen LogP contribution >= 0.6 is 23.2 Å². The molecule has 7 heteroatoms. The van der Waals surface area contributed by atoms with Crippen LogP contribution in [-0.2, 0) is 0 Å². The molecule has 0 amide bonds. The van der Waals surface area contributed by atoms with Crippen molar-refractivity contribution in [3.05, 3.63) is 64.2 Å². The number of nitrogens with zero attached hydrogens (tertiary/aromatic N) is 2. The van der Waals surface area contributed by atoms with Gasteiger partial charge in [0.2, 0.25) is 5.88 Å². The van der Waals surface area contributed by atoms with Gasteiger partial charge < -0.3 is 4.74 Å². The van der Waals surface area contributed by atoms with Crippen molar-refractivity contribution in [1.29, 1.82) is 0 Å². The molecule has 3 aromatic rings. The zero-order chi connectivity index (χ0) is 16.4. The van der Waals surface area contributed by atoms with Crippen molar-refractivity contribution in [2.24, 2.45) is 0 Å². The van der Waals surface area contributed by atoms with Crippen LogP contribution in [0.25, 0.3) is 10.9 Å². The summed E-state index contributed by atoms with van der Waals surface area (Å²) >= 11 is 12.0. The largest absolute Gasteiger partial charge is 0.469 e. The quantitative estimate of drug-likeness (QED) is 0.657. The Balaban J connectivity index is 1.84. The van der Waals surface area contributed by atoms with E-state index in [0.717, 1.165) is 0 Å². The molecule has 0 unspecified atom stereocenters. The van der Waals surface area contributed by atoms with E-state index in [4.69, 9.17) is 27.9 Å². The van der Waals surface area contributed by atoms with Gasteiger partial charge in [0, 0.05) is 10.6 Å². The number of halogens is 3. The van der Waals surface area contributed by atoms with Gasteiger partial charge in [-0.3, -0.25) is 4.79 Å². The molecule has 0 N–H and O–H groups in total. The van der Waals surface area contributed by atoms with E-state index in [0.29, 0.717) is 26.5 Å². The molecular formula is C16H9Cl2FN2O2. The summed E-state index contributed by atoms with van der Waals surface area (Å²) in [6.07, 6.45) is 1.29. The van der Waals surface area contributed by atoms with Crippen LogP contribution in [0.2, 0.25) is 10.0 Å². The summed E-state index contributed by atoms with van der Waals surface area (Å²) in [6.45, 7) is -0.248. The van der Waals surface area contributed by atoms with Gasteiger partial charge in [-0.1, -0.05) is 23.2 Å². The van der Waals surface area contributed by atoms with Gasteiger partial charge in [-0.05, 0) is 36.4 Å². The third-order valence-electron chi connectivity index (χ3n) is 3.13. The van der Waals surface area contributed by atoms with Crippen molar-refractivity contribution in [1.82, 2.24) is 9.97 Å². The smallest absolute Gasteiger partial charge is 0.225 e. The SMILES string of the molecule is O=C(COc1ncnc2c(Cl)cc(Cl)cc12)c1ccc(F)cc1. The highest BCUT2D eigenvalue weighted by atomic mass is 35.5. The molecule has 0 saturated carbocycles. The van der Waals surface area contributed by atoms with Gasteiger partial charge in [-0.25, -0.2) is 14.4 Å². The number of hydrogen-bond acceptors (Lipinski definition) is 4. The highest BCUT2D eigenvalue weighted by molar-refractivity contribution is 6.38. The fourth-order valence-corrected chi connectivity index (χ4v) is 2.58. The fraction of sp³-hybridized carbons (Fsp3) is 0.0625. The summed E-state index contributed by atoms with van der Waals surface area (Å²) in [6, 6.07) is 8.39. The monoisotopic (exact) mass is 350 g/mol. The molecule has 0 aliphatic heterocycles. The van der Waals surface area contributed by atoms with Crippen LogP contribution in [0, 0.1) is 5.82 Å². The molecule has 1 aromatic heterocycles. The maximum atomic E-state index is 12.9. The Hall–Kier alpha value is -2.24. The van der Waals surface area contributed by atoms with Crippen LogP contribution in [0.4, 0.5) is 4.39 Å². The summed E-state index contributed by atoms with van der Waals surface area (Å²) in [4.78, 5) is 20.1. The first kappa shape index (κ1) is 15.6. The van der Waals surface area contributed by atoms with Crippen molar-refractivity contribution >= 4 is 39.9 Å². The van der Waals surface area contributed by atoms with E-state index in [-0.39, 0.29) is 18.3 Å². The van der Waals surface area contributed by atoms with Crippen molar-refractivity contribution in [2.45, 2.75) is 0 Å². The topological polar surface area (TPSA) is 52.1 Å². The van der Waals surface area contributed by atoms with Crippen LogP contribution in [-0.4, -0.2) is 22.4 Å². The Morgan fingerprint density at radius 3 is 2.61 bits per heavy atom. The van der Waals surface area contributed by atoms with Gasteiger partial charge in [-0.15, -0.1) is 0 Å². The predicted molar refractivity (Wildman–Crippen MR) is 85.8 cm³/mol. The molecule has 0 radical (unpaired) electrons. The second kappa shape index (κ2) is 6.48. The van der Waals surface area contributed by atoms with Gasteiger partial charge in [0.25, 0.3) is 0 Å². The van der Waals surface area contributed by atoms with Crippen LogP contribution < -0.4 is 4.74 Å². The summed E-state index contributed by atoms with van der Waals surface area (Å²) in [7, 11) is 0. The summed E-state index contributed by atoms with van der Waals surface area (Å²) in [5, 5.41) is 1.29. The minimum atomic E-state index is -0.409. The number of aromatic nitrogens is 2. The summed E-state index contributed by atoms with van der Waals surface area (Å²) in [5.74, 6) is -0.506.